The summed E-state index contributed by atoms with van der Waals surface area (Å²) in [4.78, 5) is 80.1. The van der Waals surface area contributed by atoms with Gasteiger partial charge < -0.3 is 40.9 Å². The van der Waals surface area contributed by atoms with Gasteiger partial charge >= 0.3 is 0 Å². The third-order valence-corrected chi connectivity index (χ3v) is 6.15. The van der Waals surface area contributed by atoms with Crippen molar-refractivity contribution in [1.82, 2.24) is 0 Å². The van der Waals surface area contributed by atoms with E-state index < -0.39 is 6.10 Å². The summed E-state index contributed by atoms with van der Waals surface area (Å²) in [5.41, 5.74) is 5.12. The summed E-state index contributed by atoms with van der Waals surface area (Å²) in [6.45, 7) is 3.55. The summed E-state index contributed by atoms with van der Waals surface area (Å²) in [5, 5.41) is 61.8. The standard InChI is InChI=1S/C15H10N2O2.C9H6N2O2.C8H12N2O2.C3H8O2.3C2H6O2.HI.H2/c18-10-16-14-5-1-12(2-6-14)9-13-3-7-15(8-4-13)17-11-19;1-7-2-3-8(10-5-12)4-9(7)11-6-13;11-7-9-5-3-1-2-4-6-10-8-12;1-3(5)2-4;3*3-1-2-4;;/h1-8H,9H2;2-4H,1H3;1-6H2;3-5H,2H2,1H3;3*3-4H,1-2H2;2*1H/i;;;;;;;;1+2D. The molecule has 0 heterocycles. The quantitative estimate of drug-likeness (QED) is 0.0416. The molecule has 342 valence electrons. The molecule has 0 fully saturated rings. The van der Waals surface area contributed by atoms with Crippen molar-refractivity contribution < 1.29 is 72.6 Å². The molecule has 3 aromatic rings. The van der Waals surface area contributed by atoms with Crippen LogP contribution in [-0.4, -0.2) is 143 Å². The highest BCUT2D eigenvalue weighted by atomic mass is 127. The fraction of sp³-hybridized carbons (Fsp3) is 0.415. The van der Waals surface area contributed by atoms with Crippen LogP contribution in [0.15, 0.2) is 96.7 Å². The minimum atomic E-state index is -0.560. The van der Waals surface area contributed by atoms with E-state index in [1.807, 2.05) is 24.3 Å². The Kier molecular flexibility index (Phi) is 54.2. The van der Waals surface area contributed by atoms with E-state index in [4.69, 9.17) is 43.8 Å². The molecule has 1 atom stereocenters. The second-order valence-corrected chi connectivity index (χ2v) is 11.0. The highest BCUT2D eigenvalue weighted by molar-refractivity contribution is 14.0. The molecule has 0 spiro atoms. The topological polar surface area (TPSA) is 338 Å². The van der Waals surface area contributed by atoms with Gasteiger partial charge in [0, 0.05) is 2.97 Å². The summed E-state index contributed by atoms with van der Waals surface area (Å²) in [6.07, 6.45) is 12.8. The van der Waals surface area contributed by atoms with Gasteiger partial charge in [-0.3, -0.25) is 0 Å². The number of nitrogens with zero attached hydrogens (tertiary/aromatic N) is 6. The van der Waals surface area contributed by atoms with E-state index in [0.717, 1.165) is 48.8 Å². The van der Waals surface area contributed by atoms with Crippen LogP contribution < -0.4 is 0 Å². The van der Waals surface area contributed by atoms with E-state index in [0.29, 0.717) is 35.8 Å². The smallest absolute Gasteiger partial charge is 0.240 e. The van der Waals surface area contributed by atoms with Gasteiger partial charge in [0.1, 0.15) is 0 Å². The van der Waals surface area contributed by atoms with Crippen molar-refractivity contribution in [2.75, 3.05) is 59.3 Å². The molecule has 0 aliphatic heterocycles. The predicted molar refractivity (Wildman–Crippen MR) is 241 cm³/mol. The Morgan fingerprint density at radius 2 is 0.855 bits per heavy atom. The largest absolute Gasteiger partial charge is 0.394 e. The number of hydrogen-bond acceptors (Lipinski definition) is 20. The van der Waals surface area contributed by atoms with Crippen LogP contribution in [0.1, 0.15) is 52.3 Å². The molecule has 8 N–H and O–H groups in total. The van der Waals surface area contributed by atoms with E-state index in [-0.39, 0.29) is 70.2 Å². The van der Waals surface area contributed by atoms with Gasteiger partial charge in [0.2, 0.25) is 36.5 Å². The average Bonchev–Trinajstić information content (AvgIpc) is 3.31. The van der Waals surface area contributed by atoms with Crippen molar-refractivity contribution in [3.63, 3.8) is 0 Å². The number of halogens is 1. The maximum absolute atomic E-state index is 10.1. The number of aliphatic imine (C=N–C) groups is 6. The summed E-state index contributed by atoms with van der Waals surface area (Å²) < 4.78 is 10.0. The molecule has 0 bridgehead atoms. The first-order chi connectivity index (χ1) is 30.5. The molecule has 62 heavy (non-hydrogen) atoms. The third kappa shape index (κ3) is 47.0. The second-order valence-electron chi connectivity index (χ2n) is 11.0. The minimum absolute atomic E-state index is 0. The molecule has 0 saturated carbocycles. The molecule has 0 radical (unpaired) electrons. The second kappa shape index (κ2) is 53.4. The normalized spacial score (nSPS) is 9.00. The van der Waals surface area contributed by atoms with Crippen LogP contribution in [0.5, 0.6) is 0 Å². The first-order valence-electron chi connectivity index (χ1n) is 19.1. The number of aliphatic hydroxyl groups is 8. The van der Waals surface area contributed by atoms with Crippen LogP contribution >= 0.6 is 24.0 Å². The summed E-state index contributed by atoms with van der Waals surface area (Å²) in [6, 6.07) is 19.6. The molecule has 1 unspecified atom stereocenters. The van der Waals surface area contributed by atoms with E-state index in [9.17, 15) is 28.8 Å². The number of unbranched alkanes of at least 4 members (excludes halogenated alkanes) is 3. The molecule has 0 amide bonds. The molecule has 3 aromatic carbocycles. The molecular formula is C41H57IN6O14. The van der Waals surface area contributed by atoms with Crippen molar-refractivity contribution in [3.8, 4) is 0 Å². The van der Waals surface area contributed by atoms with Crippen LogP contribution in [0.3, 0.4) is 0 Å². The van der Waals surface area contributed by atoms with Crippen LogP contribution in [0.4, 0.5) is 22.7 Å². The Balaban J connectivity index is -0.000000166. The third-order valence-electron chi connectivity index (χ3n) is 6.15. The summed E-state index contributed by atoms with van der Waals surface area (Å²) in [7, 11) is 0. The number of aryl methyl sites for hydroxylation is 1. The maximum atomic E-state index is 10.1. The zero-order chi connectivity index (χ0) is 48.8. The lowest BCUT2D eigenvalue weighted by molar-refractivity contribution is 0.110. The lowest BCUT2D eigenvalue weighted by Crippen LogP contribution is -2.03. The Morgan fingerprint density at radius 3 is 1.15 bits per heavy atom. The van der Waals surface area contributed by atoms with Crippen molar-refractivity contribution >= 4 is 83.2 Å². The number of benzene rings is 3. The fourth-order valence-corrected chi connectivity index (χ4v) is 3.43. The minimum Gasteiger partial charge on any atom is -0.394 e. The Bertz CT molecular complexity index is 1730. The predicted octanol–water partition coefficient (Wildman–Crippen LogP) is 3.50. The highest BCUT2D eigenvalue weighted by Crippen LogP contribution is 2.24. The van der Waals surface area contributed by atoms with Crippen LogP contribution in [0, 0.1) is 6.92 Å². The number of hydrogen-bond donors (Lipinski definition) is 8. The van der Waals surface area contributed by atoms with Crippen LogP contribution in [0.25, 0.3) is 0 Å². The van der Waals surface area contributed by atoms with Crippen molar-refractivity contribution in [2.45, 2.75) is 52.1 Å². The van der Waals surface area contributed by atoms with Crippen LogP contribution in [0.2, 0.25) is 0 Å². The molecular weight excluding hydrogens is 927 g/mol. The number of rotatable bonds is 17. The molecule has 0 aromatic heterocycles. The zero-order valence-electron chi connectivity index (χ0n) is 36.4. The Labute approximate surface area is 379 Å². The number of aliphatic hydroxyl groups excluding tert-OH is 8. The molecule has 0 aliphatic carbocycles. The molecule has 0 aliphatic rings. The first kappa shape index (κ1) is 63.0. The fourth-order valence-electron chi connectivity index (χ4n) is 3.43. The summed E-state index contributed by atoms with van der Waals surface area (Å²) in [5.74, 6) is 0. The van der Waals surface area contributed by atoms with Crippen molar-refractivity contribution in [3.05, 3.63) is 83.4 Å². The van der Waals surface area contributed by atoms with Crippen molar-refractivity contribution in [2.24, 2.45) is 30.0 Å². The lowest BCUT2D eigenvalue weighted by Gasteiger charge is -2.02. The number of carbonyl (C=O) groups excluding carboxylic acids is 6. The molecule has 21 heteroatoms. The van der Waals surface area contributed by atoms with Crippen LogP contribution in [-0.2, 0) is 35.2 Å². The lowest BCUT2D eigenvalue weighted by atomic mass is 10.0. The van der Waals surface area contributed by atoms with Gasteiger partial charge in [0.15, 0.2) is 0 Å². The van der Waals surface area contributed by atoms with E-state index in [1.165, 1.54) is 49.5 Å². The summed E-state index contributed by atoms with van der Waals surface area (Å²) >= 11 is 0. The van der Waals surface area contributed by atoms with Gasteiger partial charge in [0.25, 0.3) is 0 Å². The first-order valence-corrected chi connectivity index (χ1v) is 18.1. The maximum Gasteiger partial charge on any atom is 0.240 e. The van der Waals surface area contributed by atoms with Gasteiger partial charge in [-0.15, -0.1) is 24.0 Å². The highest BCUT2D eigenvalue weighted by Gasteiger charge is 1.99. The van der Waals surface area contributed by atoms with Gasteiger partial charge in [-0.2, -0.15) is 20.0 Å². The van der Waals surface area contributed by atoms with Gasteiger partial charge in [-0.05, 0) is 86.2 Å². The SMILES string of the molecule is CC(O)CO.Cc1ccc(N=C=O)cc1N=C=O.I.O=C=NCCCCCCN=C=O.O=C=Nc1ccc(Cc2ccc(N=C=O)cc2)cc1.OCCO.OCCO.OCCO.[2H][3H]. The van der Waals surface area contributed by atoms with E-state index >= 15 is 0 Å². The molecule has 20 nitrogen and oxygen atoms in total. The molecule has 0 saturated heterocycles. The zero-order valence-corrected chi connectivity index (χ0v) is 36.8. The number of isocyanates is 6. The average molecular weight is 988 g/mol. The van der Waals surface area contributed by atoms with Gasteiger partial charge in [-0.25, -0.2) is 38.8 Å². The van der Waals surface area contributed by atoms with Crippen molar-refractivity contribution in [1.29, 1.82) is 0 Å². The van der Waals surface area contributed by atoms with E-state index in [2.05, 4.69) is 30.0 Å². The molecule has 3 rings (SSSR count). The Morgan fingerprint density at radius 1 is 0.532 bits per heavy atom. The van der Waals surface area contributed by atoms with Gasteiger partial charge in [0.05, 0.1) is 88.2 Å². The monoisotopic (exact) mass is 987 g/mol. The van der Waals surface area contributed by atoms with Gasteiger partial charge in [-0.1, -0.05) is 43.2 Å². The Hall–Kier alpha value is -5.65. The van der Waals surface area contributed by atoms with E-state index in [1.54, 1.807) is 43.3 Å².